The number of amidine groups is 1. The van der Waals surface area contributed by atoms with E-state index in [0.717, 1.165) is 5.56 Å². The van der Waals surface area contributed by atoms with E-state index < -0.39 is 36.1 Å². The predicted octanol–water partition coefficient (Wildman–Crippen LogP) is 0.897. The van der Waals surface area contributed by atoms with Gasteiger partial charge in [0, 0.05) is 30.5 Å². The number of methoxy groups -OCH3 is 1. The second kappa shape index (κ2) is 12.4. The first-order valence-corrected chi connectivity index (χ1v) is 12.7. The van der Waals surface area contributed by atoms with Crippen LogP contribution in [0.15, 0.2) is 53.5 Å². The minimum Gasteiger partial charge on any atom is -0.464 e. The highest BCUT2D eigenvalue weighted by Crippen LogP contribution is 2.35. The normalized spacial score (nSPS) is 18.4. The second-order valence-electron chi connectivity index (χ2n) is 9.10. The summed E-state index contributed by atoms with van der Waals surface area (Å²) in [5.41, 5.74) is 8.04. The lowest BCUT2D eigenvalue weighted by atomic mass is 10.1. The topological polar surface area (TPSA) is 188 Å². The summed E-state index contributed by atoms with van der Waals surface area (Å²) >= 11 is 0. The molecular weight excluding hydrogens is 518 g/mol. The van der Waals surface area contributed by atoms with E-state index in [4.69, 9.17) is 20.6 Å². The maximum atomic E-state index is 13.1. The average Bonchev–Trinajstić information content (AvgIpc) is 3.51. The summed E-state index contributed by atoms with van der Waals surface area (Å²) in [6.07, 6.45) is -0.331. The molecule has 2 unspecified atom stereocenters. The Labute approximate surface area is 230 Å². The number of ether oxygens (including phenoxy) is 2. The summed E-state index contributed by atoms with van der Waals surface area (Å²) in [4.78, 5) is 57.1. The van der Waals surface area contributed by atoms with Gasteiger partial charge in [0.05, 0.1) is 18.8 Å². The van der Waals surface area contributed by atoms with Gasteiger partial charge in [0.25, 0.3) is 5.91 Å². The molecular formula is C27H31N7O6. The molecule has 3 atom stereocenters. The maximum Gasteiger partial charge on any atom is 0.330 e. The van der Waals surface area contributed by atoms with E-state index in [1.165, 1.54) is 12.0 Å². The first-order chi connectivity index (χ1) is 19.2. The van der Waals surface area contributed by atoms with Crippen molar-refractivity contribution in [2.45, 2.75) is 31.5 Å². The van der Waals surface area contributed by atoms with E-state index in [9.17, 15) is 19.2 Å². The summed E-state index contributed by atoms with van der Waals surface area (Å²) in [7, 11) is 1.46. The van der Waals surface area contributed by atoms with Crippen molar-refractivity contribution in [3.8, 4) is 0 Å². The van der Waals surface area contributed by atoms with Crippen molar-refractivity contribution in [2.24, 2.45) is 10.7 Å². The van der Waals surface area contributed by atoms with Crippen molar-refractivity contribution >= 4 is 46.7 Å². The number of amides is 4. The van der Waals surface area contributed by atoms with Crippen LogP contribution in [0.25, 0.3) is 0 Å². The first-order valence-electron chi connectivity index (χ1n) is 12.7. The number of anilines is 1. The van der Waals surface area contributed by atoms with Gasteiger partial charge in [-0.3, -0.25) is 15.0 Å². The molecule has 210 valence electrons. The molecule has 40 heavy (non-hydrogen) atoms. The Balaban J connectivity index is 1.35. The molecule has 13 heteroatoms. The van der Waals surface area contributed by atoms with Gasteiger partial charge in [-0.2, -0.15) is 0 Å². The number of aliphatic imine (C=N–C) groups is 1. The molecule has 6 N–H and O–H groups in total. The van der Waals surface area contributed by atoms with Crippen molar-refractivity contribution in [2.75, 3.05) is 31.7 Å². The van der Waals surface area contributed by atoms with Gasteiger partial charge in [-0.1, -0.05) is 18.2 Å². The standard InChI is InChI=1S/C27H31N7O6/c1-3-40-26(37)20(32-24(35)21-22(39-2)17-6-4-5-7-18(17)31-21)14-30-27(38)33-19-12-13-34(25(19)36)16-10-8-15(9-11-16)23(28)29/h4-11,19-20,22H,3,12-14H2,1-2H3,(H3,28,29)(H,32,35)(H2,30,33,38)/t19?,20-,22?/m0/s1. The van der Waals surface area contributed by atoms with Gasteiger partial charge in [0.2, 0.25) is 5.91 Å². The summed E-state index contributed by atoms with van der Waals surface area (Å²) in [5, 5.41) is 15.2. The molecule has 0 saturated carbocycles. The van der Waals surface area contributed by atoms with Crippen molar-refractivity contribution in [1.82, 2.24) is 16.0 Å². The van der Waals surface area contributed by atoms with Crippen LogP contribution in [0.1, 0.15) is 30.6 Å². The Morgan fingerprint density at radius 1 is 1.18 bits per heavy atom. The average molecular weight is 550 g/mol. The molecule has 1 fully saturated rings. The zero-order chi connectivity index (χ0) is 28.8. The van der Waals surface area contributed by atoms with Crippen LogP contribution in [-0.4, -0.2) is 74.3 Å². The Kier molecular flexibility index (Phi) is 8.74. The molecule has 4 amide bonds. The third kappa shape index (κ3) is 6.10. The van der Waals surface area contributed by atoms with Crippen LogP contribution >= 0.6 is 0 Å². The van der Waals surface area contributed by atoms with Crippen molar-refractivity contribution in [1.29, 1.82) is 5.41 Å². The van der Waals surface area contributed by atoms with Crippen molar-refractivity contribution < 1.29 is 28.7 Å². The first kappa shape index (κ1) is 28.2. The highest BCUT2D eigenvalue weighted by Gasteiger charge is 2.36. The number of hydrogen-bond acceptors (Lipinski definition) is 8. The number of nitrogens with zero attached hydrogens (tertiary/aromatic N) is 2. The summed E-state index contributed by atoms with van der Waals surface area (Å²) in [5.74, 6) is -1.75. The minimum atomic E-state index is -1.21. The number of esters is 1. The Bertz CT molecular complexity index is 1340. The van der Waals surface area contributed by atoms with Gasteiger partial charge < -0.3 is 36.1 Å². The lowest BCUT2D eigenvalue weighted by Gasteiger charge is -2.20. The zero-order valence-electron chi connectivity index (χ0n) is 22.1. The molecule has 0 aliphatic carbocycles. The van der Waals surface area contributed by atoms with E-state index in [2.05, 4.69) is 20.9 Å². The van der Waals surface area contributed by atoms with Gasteiger partial charge in [-0.15, -0.1) is 0 Å². The molecule has 0 radical (unpaired) electrons. The highest BCUT2D eigenvalue weighted by molar-refractivity contribution is 6.42. The van der Waals surface area contributed by atoms with Crippen molar-refractivity contribution in [3.05, 3.63) is 59.7 Å². The molecule has 13 nitrogen and oxygen atoms in total. The van der Waals surface area contributed by atoms with Crippen LogP contribution in [0.5, 0.6) is 0 Å². The van der Waals surface area contributed by atoms with E-state index >= 15 is 0 Å². The molecule has 2 aromatic rings. The number of carbonyl (C=O) groups is 4. The summed E-state index contributed by atoms with van der Waals surface area (Å²) < 4.78 is 10.5. The maximum absolute atomic E-state index is 13.1. The lowest BCUT2D eigenvalue weighted by Crippen LogP contribution is -2.54. The molecule has 4 rings (SSSR count). The number of hydrogen-bond donors (Lipinski definition) is 5. The van der Waals surface area contributed by atoms with Crippen LogP contribution in [0.2, 0.25) is 0 Å². The molecule has 2 aromatic carbocycles. The van der Waals surface area contributed by atoms with Crippen molar-refractivity contribution in [3.63, 3.8) is 0 Å². The van der Waals surface area contributed by atoms with Crippen LogP contribution in [0.4, 0.5) is 16.2 Å². The van der Waals surface area contributed by atoms with E-state index in [-0.39, 0.29) is 30.6 Å². The van der Waals surface area contributed by atoms with Gasteiger partial charge in [0.1, 0.15) is 29.7 Å². The second-order valence-corrected chi connectivity index (χ2v) is 9.10. The molecule has 2 aliphatic heterocycles. The smallest absolute Gasteiger partial charge is 0.330 e. The highest BCUT2D eigenvalue weighted by atomic mass is 16.5. The molecule has 2 heterocycles. The monoisotopic (exact) mass is 549 g/mol. The zero-order valence-corrected chi connectivity index (χ0v) is 22.1. The largest absolute Gasteiger partial charge is 0.464 e. The number of fused-ring (bicyclic) bond motifs is 1. The summed E-state index contributed by atoms with van der Waals surface area (Å²) in [6.45, 7) is 1.80. The molecule has 0 bridgehead atoms. The fourth-order valence-electron chi connectivity index (χ4n) is 4.52. The number of benzene rings is 2. The number of nitrogens with two attached hydrogens (primary N) is 1. The number of para-hydroxylation sites is 1. The van der Waals surface area contributed by atoms with Gasteiger partial charge in [0.15, 0.2) is 0 Å². The van der Waals surface area contributed by atoms with E-state index in [0.29, 0.717) is 29.9 Å². The van der Waals surface area contributed by atoms with Gasteiger partial charge in [-0.05, 0) is 43.7 Å². The Morgan fingerprint density at radius 2 is 1.90 bits per heavy atom. The number of nitrogen functional groups attached to an aromatic ring is 1. The van der Waals surface area contributed by atoms with Crippen LogP contribution < -0.4 is 26.6 Å². The van der Waals surface area contributed by atoms with E-state index in [1.807, 2.05) is 6.07 Å². The van der Waals surface area contributed by atoms with Gasteiger partial charge in [-0.25, -0.2) is 14.6 Å². The number of urea groups is 1. The van der Waals surface area contributed by atoms with Crippen LogP contribution in [0, 0.1) is 5.41 Å². The van der Waals surface area contributed by atoms with Crippen LogP contribution in [0.3, 0.4) is 0 Å². The molecule has 0 spiro atoms. The van der Waals surface area contributed by atoms with Gasteiger partial charge >= 0.3 is 12.0 Å². The quantitative estimate of drug-likeness (QED) is 0.165. The Morgan fingerprint density at radius 3 is 2.58 bits per heavy atom. The predicted molar refractivity (Wildman–Crippen MR) is 147 cm³/mol. The fraction of sp³-hybridized carbons (Fsp3) is 0.333. The Hall–Kier alpha value is -4.78. The number of carbonyl (C=O) groups excluding carboxylic acids is 4. The lowest BCUT2D eigenvalue weighted by molar-refractivity contribution is -0.146. The number of nitrogens with one attached hydrogen (secondary N) is 4. The fourth-order valence-corrected chi connectivity index (χ4v) is 4.52. The SMILES string of the molecule is CCOC(=O)[C@H](CNC(=O)NC1CCN(c2ccc(C(=N)N)cc2)C1=O)NC(=O)C1=Nc2ccccc2C1OC. The third-order valence-electron chi connectivity index (χ3n) is 6.52. The molecule has 1 saturated heterocycles. The van der Waals surface area contributed by atoms with Crippen LogP contribution in [-0.2, 0) is 23.9 Å². The molecule has 0 aromatic heterocycles. The third-order valence-corrected chi connectivity index (χ3v) is 6.52. The summed E-state index contributed by atoms with van der Waals surface area (Å²) in [6, 6.07) is 11.1. The number of rotatable bonds is 10. The minimum absolute atomic E-state index is 0.0737. The van der Waals surface area contributed by atoms with E-state index in [1.54, 1.807) is 49.4 Å². The molecule has 2 aliphatic rings.